The van der Waals surface area contributed by atoms with Crippen molar-refractivity contribution in [1.82, 2.24) is 15.4 Å². The number of amides is 2. The van der Waals surface area contributed by atoms with Gasteiger partial charge in [0.15, 0.2) is 10.8 Å². The molecule has 18 nitrogen and oxygen atoms in total. The van der Waals surface area contributed by atoms with Gasteiger partial charge < -0.3 is 31.5 Å². The predicted molar refractivity (Wildman–Crippen MR) is 167 cm³/mol. The lowest BCUT2D eigenvalue weighted by Gasteiger charge is -2.50. The third kappa shape index (κ3) is 8.48. The molecule has 2 aromatic heterocycles. The Bertz CT molecular complexity index is 1780. The highest BCUT2D eigenvalue weighted by Gasteiger charge is 2.58. The molecule has 1 saturated heterocycles. The van der Waals surface area contributed by atoms with E-state index in [1.807, 2.05) is 29.9 Å². The van der Waals surface area contributed by atoms with Crippen molar-refractivity contribution in [3.05, 3.63) is 53.7 Å². The van der Waals surface area contributed by atoms with Gasteiger partial charge >= 0.3 is 16.4 Å². The molecule has 3 heterocycles. The number of hydroxylamine groups is 2. The summed E-state index contributed by atoms with van der Waals surface area (Å²) in [6, 6.07) is 9.48. The Labute approximate surface area is 272 Å². The first kappa shape index (κ1) is 35.0. The van der Waals surface area contributed by atoms with Crippen LogP contribution >= 0.6 is 11.3 Å². The summed E-state index contributed by atoms with van der Waals surface area (Å²) < 4.78 is 43.0. The topological polar surface area (TPSA) is 262 Å². The number of ether oxygens (including phenoxy) is 1. The van der Waals surface area contributed by atoms with Gasteiger partial charge in [0.05, 0.1) is 25.3 Å². The smallest absolute Gasteiger partial charge is 0.418 e. The average molecular weight is 694 g/mol. The third-order valence-electron chi connectivity index (χ3n) is 6.84. The van der Waals surface area contributed by atoms with Crippen LogP contribution in [0.2, 0.25) is 0 Å². The average Bonchev–Trinajstić information content (AvgIpc) is 3.44. The molecule has 0 bridgehead atoms. The van der Waals surface area contributed by atoms with E-state index in [1.54, 1.807) is 24.3 Å². The Morgan fingerprint density at radius 3 is 2.51 bits per heavy atom. The number of rotatable bonds is 15. The van der Waals surface area contributed by atoms with E-state index in [1.165, 1.54) is 19.2 Å². The number of anilines is 2. The predicted octanol–water partition coefficient (Wildman–Crippen LogP) is -0.320. The minimum absolute atomic E-state index is 0.0577. The molecular formula is C27H33N8O10S2+. The highest BCUT2D eigenvalue weighted by Crippen LogP contribution is 2.33. The van der Waals surface area contributed by atoms with Gasteiger partial charge in [-0.15, -0.1) is 15.6 Å². The Morgan fingerprint density at radius 1 is 1.23 bits per heavy atom. The lowest BCUT2D eigenvalue weighted by atomic mass is 9.84. The van der Waals surface area contributed by atoms with Crippen molar-refractivity contribution in [2.45, 2.75) is 31.5 Å². The zero-order valence-corrected chi connectivity index (χ0v) is 26.9. The fraction of sp³-hybridized carbons (Fsp3) is 0.333. The number of hydrogen-bond acceptors (Lipinski definition) is 14. The molecule has 1 aromatic carbocycles. The molecule has 3 aromatic rings. The fourth-order valence-electron chi connectivity index (χ4n) is 4.32. The summed E-state index contributed by atoms with van der Waals surface area (Å²) in [6.45, 7) is 3.31. The number of carboxylic acid groups (broad SMARTS) is 1. The number of aliphatic carboxylic acids is 1. The van der Waals surface area contributed by atoms with Crippen LogP contribution in [-0.2, 0) is 41.0 Å². The summed E-state index contributed by atoms with van der Waals surface area (Å²) in [5.41, 5.74) is 11.1. The number of carboxylic acids is 1. The molecule has 8 N–H and O–H groups in total. The minimum Gasteiger partial charge on any atom is -0.489 e. The number of thiazole rings is 1. The number of benzene rings is 1. The quantitative estimate of drug-likeness (QED) is 0.0392. The number of aryl methyl sites for hydroxylation is 1. The van der Waals surface area contributed by atoms with Crippen LogP contribution in [0.3, 0.4) is 0 Å². The molecule has 0 saturated carbocycles. The maximum Gasteiger partial charge on any atom is 0.418 e. The van der Waals surface area contributed by atoms with E-state index in [0.29, 0.717) is 23.9 Å². The van der Waals surface area contributed by atoms with Crippen LogP contribution in [0.15, 0.2) is 53.1 Å². The first-order valence-corrected chi connectivity index (χ1v) is 16.0. The molecule has 0 radical (unpaired) electrons. The van der Waals surface area contributed by atoms with Crippen molar-refractivity contribution in [3.8, 4) is 16.9 Å². The van der Waals surface area contributed by atoms with Crippen molar-refractivity contribution >= 4 is 56.2 Å². The molecule has 252 valence electrons. The van der Waals surface area contributed by atoms with E-state index in [2.05, 4.69) is 25.1 Å². The van der Waals surface area contributed by atoms with E-state index < -0.39 is 58.2 Å². The molecular weight excluding hydrogens is 660 g/mol. The van der Waals surface area contributed by atoms with Crippen LogP contribution in [0, 0.1) is 0 Å². The molecule has 47 heavy (non-hydrogen) atoms. The Balaban J connectivity index is 1.45. The highest BCUT2D eigenvalue weighted by molar-refractivity contribution is 7.80. The summed E-state index contributed by atoms with van der Waals surface area (Å²) in [5, 5.41) is 20.9. The second-order valence-corrected chi connectivity index (χ2v) is 12.5. The lowest BCUT2D eigenvalue weighted by Crippen LogP contribution is -2.76. The molecule has 2 atom stereocenters. The van der Waals surface area contributed by atoms with Gasteiger partial charge in [0.25, 0.3) is 23.7 Å². The summed E-state index contributed by atoms with van der Waals surface area (Å²) in [7, 11) is -3.11. The molecule has 0 aliphatic carbocycles. The van der Waals surface area contributed by atoms with Crippen LogP contribution in [0.25, 0.3) is 11.1 Å². The molecule has 1 fully saturated rings. The maximum absolute atomic E-state index is 13.2. The number of aromatic nitrogens is 2. The number of nitrogens with two attached hydrogens (primary N) is 2. The molecule has 0 spiro atoms. The Hall–Kier alpha value is -4.89. The largest absolute Gasteiger partial charge is 0.489 e. The second kappa shape index (κ2) is 14.3. The number of carbonyl (C=O) groups is 3. The van der Waals surface area contributed by atoms with Crippen LogP contribution < -0.4 is 31.4 Å². The monoisotopic (exact) mass is 693 g/mol. The SMILES string of the molecule is C[n+]1ccc(-c2ccc(OC[C@H](O/N=C(\C(=O)NC3C(=O)N(OS(=O)(=O)O)C3(C)C)c3csc(N)n3)C(=O)O)cc2)cc1NCCN. The van der Waals surface area contributed by atoms with Crippen molar-refractivity contribution in [1.29, 1.82) is 0 Å². The van der Waals surface area contributed by atoms with Crippen molar-refractivity contribution in [2.75, 3.05) is 30.7 Å². The van der Waals surface area contributed by atoms with Crippen LogP contribution in [0.4, 0.5) is 10.9 Å². The summed E-state index contributed by atoms with van der Waals surface area (Å²) >= 11 is 0.958. The van der Waals surface area contributed by atoms with Gasteiger partial charge in [-0.05, 0) is 43.2 Å². The van der Waals surface area contributed by atoms with E-state index in [-0.39, 0.29) is 10.8 Å². The molecule has 4 rings (SSSR count). The standard InChI is InChI=1S/C27H32N8O10S2/c1-27(2)22(24(37)35(27)45-47(40,41)42)32-23(36)21(18-14-46-26(29)31-18)33-44-19(25(38)39)13-43-17-6-4-15(5-7-17)16-8-11-34(3)20(12-16)30-10-9-28/h4-8,11-12,14,19,22H,9-10,13,28H2,1-3H3,(H5,29,31,32,36,38,39,40,41,42)/p+1/b33-21-/t19-,22?/m0/s1. The van der Waals surface area contributed by atoms with Gasteiger partial charge in [0.1, 0.15) is 24.1 Å². The lowest BCUT2D eigenvalue weighted by molar-refractivity contribution is -0.657. The van der Waals surface area contributed by atoms with Crippen molar-refractivity contribution in [2.24, 2.45) is 17.9 Å². The maximum atomic E-state index is 13.2. The van der Waals surface area contributed by atoms with Crippen LogP contribution in [0.1, 0.15) is 19.5 Å². The van der Waals surface area contributed by atoms with Crippen LogP contribution in [-0.4, -0.2) is 89.0 Å². The number of pyridine rings is 1. The van der Waals surface area contributed by atoms with E-state index in [9.17, 15) is 27.9 Å². The number of β-lactam (4-membered cyclic amide) rings is 1. The zero-order valence-electron chi connectivity index (χ0n) is 25.3. The molecule has 20 heteroatoms. The third-order valence-corrected chi connectivity index (χ3v) is 7.85. The second-order valence-electron chi connectivity index (χ2n) is 10.6. The number of carbonyl (C=O) groups excluding carboxylic acids is 2. The number of nitrogen functional groups attached to an aromatic ring is 1. The summed E-state index contributed by atoms with van der Waals surface area (Å²) in [5.74, 6) is -2.26. The first-order chi connectivity index (χ1) is 22.1. The van der Waals surface area contributed by atoms with Gasteiger partial charge in [-0.1, -0.05) is 17.3 Å². The number of oxime groups is 1. The zero-order chi connectivity index (χ0) is 34.5. The molecule has 1 aliphatic rings. The molecule has 1 unspecified atom stereocenters. The van der Waals surface area contributed by atoms with E-state index in [0.717, 1.165) is 28.3 Å². The normalized spacial score (nSPS) is 16.6. The minimum atomic E-state index is -5.02. The fourth-order valence-corrected chi connectivity index (χ4v) is 5.33. The number of hydrogen-bond donors (Lipinski definition) is 6. The van der Waals surface area contributed by atoms with Crippen molar-refractivity contribution < 1.29 is 50.9 Å². The number of nitrogens with zero attached hydrogens (tertiary/aromatic N) is 4. The first-order valence-electron chi connectivity index (χ1n) is 13.8. The number of nitrogens with one attached hydrogen (secondary N) is 2. The van der Waals surface area contributed by atoms with Gasteiger partial charge in [0.2, 0.25) is 0 Å². The van der Waals surface area contributed by atoms with Gasteiger partial charge in [-0.2, -0.15) is 13.5 Å². The van der Waals surface area contributed by atoms with Gasteiger partial charge in [-0.25, -0.2) is 14.3 Å². The molecule has 2 amide bonds. The van der Waals surface area contributed by atoms with Gasteiger partial charge in [0, 0.05) is 18.0 Å². The summed E-state index contributed by atoms with van der Waals surface area (Å²) in [4.78, 5) is 46.9. The Kier molecular flexibility index (Phi) is 10.6. The molecule has 1 aliphatic heterocycles. The van der Waals surface area contributed by atoms with Crippen molar-refractivity contribution in [3.63, 3.8) is 0 Å². The van der Waals surface area contributed by atoms with E-state index in [4.69, 9.17) is 25.6 Å². The van der Waals surface area contributed by atoms with Crippen LogP contribution in [0.5, 0.6) is 5.75 Å². The Morgan fingerprint density at radius 2 is 1.94 bits per heavy atom. The van der Waals surface area contributed by atoms with E-state index >= 15 is 0 Å². The highest BCUT2D eigenvalue weighted by atomic mass is 32.3. The summed E-state index contributed by atoms with van der Waals surface area (Å²) in [6.07, 6.45) is 0.222. The van der Waals surface area contributed by atoms with Gasteiger partial charge in [-0.3, -0.25) is 19.5 Å².